The van der Waals surface area contributed by atoms with E-state index in [2.05, 4.69) is 0 Å². The van der Waals surface area contributed by atoms with Crippen LogP contribution < -0.4 is 15.2 Å². The van der Waals surface area contributed by atoms with Crippen LogP contribution >= 0.6 is 0 Å². The second-order valence-corrected chi connectivity index (χ2v) is 5.08. The van der Waals surface area contributed by atoms with Gasteiger partial charge in [-0.05, 0) is 32.0 Å². The first-order valence-electron chi connectivity index (χ1n) is 6.82. The standard InChI is InChI=1S/C17H20FNO2/c1-11-4-7-17(20-3)13(8-11)10-21-14-5-6-15(12(2)19)16(18)9-14/h4-9,12H,10,19H2,1-3H3. The summed E-state index contributed by atoms with van der Waals surface area (Å²) in [6.45, 7) is 4.07. The molecule has 2 N–H and O–H groups in total. The largest absolute Gasteiger partial charge is 0.496 e. The Hall–Kier alpha value is -2.07. The molecule has 0 amide bonds. The van der Waals surface area contributed by atoms with E-state index in [1.54, 1.807) is 26.2 Å². The van der Waals surface area contributed by atoms with E-state index < -0.39 is 0 Å². The van der Waals surface area contributed by atoms with Gasteiger partial charge in [-0.1, -0.05) is 17.7 Å². The van der Waals surface area contributed by atoms with Crippen LogP contribution in [0.1, 0.15) is 29.7 Å². The zero-order chi connectivity index (χ0) is 15.4. The van der Waals surface area contributed by atoms with Gasteiger partial charge in [0.05, 0.1) is 7.11 Å². The van der Waals surface area contributed by atoms with Crippen LogP contribution in [0.2, 0.25) is 0 Å². The Balaban J connectivity index is 2.13. The number of methoxy groups -OCH3 is 1. The zero-order valence-corrected chi connectivity index (χ0v) is 12.5. The molecule has 0 spiro atoms. The smallest absolute Gasteiger partial charge is 0.131 e. The van der Waals surface area contributed by atoms with Gasteiger partial charge in [0.15, 0.2) is 0 Å². The monoisotopic (exact) mass is 289 g/mol. The number of hydrogen-bond donors (Lipinski definition) is 1. The summed E-state index contributed by atoms with van der Waals surface area (Å²) in [5.41, 5.74) is 8.21. The Morgan fingerprint density at radius 2 is 1.95 bits per heavy atom. The van der Waals surface area contributed by atoms with E-state index in [-0.39, 0.29) is 11.9 Å². The second kappa shape index (κ2) is 6.59. The van der Waals surface area contributed by atoms with Crippen LogP contribution in [-0.2, 0) is 6.61 Å². The molecule has 1 unspecified atom stereocenters. The van der Waals surface area contributed by atoms with Gasteiger partial charge in [0.1, 0.15) is 23.9 Å². The highest BCUT2D eigenvalue weighted by Crippen LogP contribution is 2.24. The highest BCUT2D eigenvalue weighted by molar-refractivity contribution is 5.37. The number of benzene rings is 2. The summed E-state index contributed by atoms with van der Waals surface area (Å²) < 4.78 is 24.8. The van der Waals surface area contributed by atoms with Crippen LogP contribution in [0.4, 0.5) is 4.39 Å². The molecule has 0 aromatic heterocycles. The Morgan fingerprint density at radius 3 is 2.57 bits per heavy atom. The molecule has 112 valence electrons. The fraction of sp³-hybridized carbons (Fsp3) is 0.294. The van der Waals surface area contributed by atoms with Crippen molar-refractivity contribution in [3.05, 3.63) is 58.9 Å². The van der Waals surface area contributed by atoms with E-state index >= 15 is 0 Å². The summed E-state index contributed by atoms with van der Waals surface area (Å²) in [6.07, 6.45) is 0. The van der Waals surface area contributed by atoms with Crippen LogP contribution in [0.3, 0.4) is 0 Å². The molecule has 0 fully saturated rings. The van der Waals surface area contributed by atoms with Crippen molar-refractivity contribution in [3.63, 3.8) is 0 Å². The van der Waals surface area contributed by atoms with Gasteiger partial charge in [-0.2, -0.15) is 0 Å². The summed E-state index contributed by atoms with van der Waals surface area (Å²) in [5, 5.41) is 0. The van der Waals surface area contributed by atoms with Gasteiger partial charge in [-0.25, -0.2) is 4.39 Å². The van der Waals surface area contributed by atoms with Gasteiger partial charge in [-0.3, -0.25) is 0 Å². The van der Waals surface area contributed by atoms with Gasteiger partial charge in [0, 0.05) is 23.2 Å². The highest BCUT2D eigenvalue weighted by Gasteiger charge is 2.09. The van der Waals surface area contributed by atoms with Crippen LogP contribution in [0.5, 0.6) is 11.5 Å². The fourth-order valence-electron chi connectivity index (χ4n) is 2.15. The lowest BCUT2D eigenvalue weighted by atomic mass is 10.1. The summed E-state index contributed by atoms with van der Waals surface area (Å²) in [6, 6.07) is 10.3. The molecule has 1 atom stereocenters. The van der Waals surface area contributed by atoms with Crippen molar-refractivity contribution in [2.24, 2.45) is 5.73 Å². The highest BCUT2D eigenvalue weighted by atomic mass is 19.1. The summed E-state index contributed by atoms with van der Waals surface area (Å²) in [4.78, 5) is 0. The number of rotatable bonds is 5. The molecule has 21 heavy (non-hydrogen) atoms. The van der Waals surface area contributed by atoms with Crippen molar-refractivity contribution in [1.29, 1.82) is 0 Å². The van der Waals surface area contributed by atoms with Crippen molar-refractivity contribution in [3.8, 4) is 11.5 Å². The first-order chi connectivity index (χ1) is 10.0. The lowest BCUT2D eigenvalue weighted by Gasteiger charge is -2.13. The molecule has 2 aromatic rings. The minimum Gasteiger partial charge on any atom is -0.496 e. The molecule has 4 heteroatoms. The molecule has 0 saturated carbocycles. The molecule has 2 aromatic carbocycles. The van der Waals surface area contributed by atoms with Gasteiger partial charge < -0.3 is 15.2 Å². The van der Waals surface area contributed by atoms with Crippen LogP contribution in [-0.4, -0.2) is 7.11 Å². The van der Waals surface area contributed by atoms with Crippen LogP contribution in [0.15, 0.2) is 36.4 Å². The zero-order valence-electron chi connectivity index (χ0n) is 12.5. The maximum Gasteiger partial charge on any atom is 0.131 e. The predicted molar refractivity (Wildman–Crippen MR) is 81.1 cm³/mol. The lowest BCUT2D eigenvalue weighted by Crippen LogP contribution is -2.07. The Bertz CT molecular complexity index is 626. The van der Waals surface area contributed by atoms with E-state index in [1.807, 2.05) is 25.1 Å². The van der Waals surface area contributed by atoms with E-state index in [0.29, 0.717) is 17.9 Å². The Morgan fingerprint density at radius 1 is 1.19 bits per heavy atom. The molecule has 0 aliphatic heterocycles. The lowest BCUT2D eigenvalue weighted by molar-refractivity contribution is 0.295. The summed E-state index contributed by atoms with van der Waals surface area (Å²) >= 11 is 0. The predicted octanol–water partition coefficient (Wildman–Crippen LogP) is 3.74. The number of nitrogens with two attached hydrogens (primary N) is 1. The number of hydrogen-bond acceptors (Lipinski definition) is 3. The quantitative estimate of drug-likeness (QED) is 0.912. The maximum atomic E-state index is 13.9. The van der Waals surface area contributed by atoms with Crippen molar-refractivity contribution in [1.82, 2.24) is 0 Å². The minimum absolute atomic E-state index is 0.321. The number of ether oxygens (including phenoxy) is 2. The van der Waals surface area contributed by atoms with E-state index in [1.165, 1.54) is 6.07 Å². The number of halogens is 1. The molecule has 0 bridgehead atoms. The molecule has 2 rings (SSSR count). The third-order valence-electron chi connectivity index (χ3n) is 3.29. The summed E-state index contributed by atoms with van der Waals surface area (Å²) in [5.74, 6) is 0.882. The third kappa shape index (κ3) is 3.73. The van der Waals surface area contributed by atoms with Crippen molar-refractivity contribution < 1.29 is 13.9 Å². The maximum absolute atomic E-state index is 13.9. The van der Waals surface area contributed by atoms with Crippen molar-refractivity contribution in [2.75, 3.05) is 7.11 Å². The molecule has 0 aliphatic carbocycles. The van der Waals surface area contributed by atoms with Crippen molar-refractivity contribution >= 4 is 0 Å². The Kier molecular flexibility index (Phi) is 4.81. The molecule has 0 saturated heterocycles. The average molecular weight is 289 g/mol. The summed E-state index contributed by atoms with van der Waals surface area (Å²) in [7, 11) is 1.62. The van der Waals surface area contributed by atoms with E-state index in [0.717, 1.165) is 16.9 Å². The van der Waals surface area contributed by atoms with E-state index in [4.69, 9.17) is 15.2 Å². The van der Waals surface area contributed by atoms with Crippen LogP contribution in [0.25, 0.3) is 0 Å². The fourth-order valence-corrected chi connectivity index (χ4v) is 2.15. The molecule has 0 heterocycles. The molecule has 0 radical (unpaired) electrons. The molecule has 3 nitrogen and oxygen atoms in total. The van der Waals surface area contributed by atoms with Gasteiger partial charge in [-0.15, -0.1) is 0 Å². The second-order valence-electron chi connectivity index (χ2n) is 5.08. The first kappa shape index (κ1) is 15.3. The minimum atomic E-state index is -0.348. The SMILES string of the molecule is COc1ccc(C)cc1COc1ccc(C(C)N)c(F)c1. The topological polar surface area (TPSA) is 44.5 Å². The van der Waals surface area contributed by atoms with Gasteiger partial charge in [0.25, 0.3) is 0 Å². The third-order valence-corrected chi connectivity index (χ3v) is 3.29. The normalized spacial score (nSPS) is 12.0. The molecular formula is C17H20FNO2. The molecular weight excluding hydrogens is 269 g/mol. The first-order valence-corrected chi connectivity index (χ1v) is 6.82. The van der Waals surface area contributed by atoms with Crippen LogP contribution in [0, 0.1) is 12.7 Å². The van der Waals surface area contributed by atoms with E-state index in [9.17, 15) is 4.39 Å². The molecule has 0 aliphatic rings. The van der Waals surface area contributed by atoms with Gasteiger partial charge in [0.2, 0.25) is 0 Å². The average Bonchev–Trinajstić information content (AvgIpc) is 2.45. The van der Waals surface area contributed by atoms with Gasteiger partial charge >= 0.3 is 0 Å². The van der Waals surface area contributed by atoms with Crippen molar-refractivity contribution in [2.45, 2.75) is 26.5 Å². The number of aryl methyl sites for hydroxylation is 1. The Labute approximate surface area is 124 Å².